The first-order valence-corrected chi connectivity index (χ1v) is 5.80. The molecule has 0 aromatic heterocycles. The summed E-state index contributed by atoms with van der Waals surface area (Å²) in [4.78, 5) is 14.0. The summed E-state index contributed by atoms with van der Waals surface area (Å²) in [7, 11) is 0. The Balaban J connectivity index is 2.01. The lowest BCUT2D eigenvalue weighted by Crippen LogP contribution is -2.45. The van der Waals surface area contributed by atoms with E-state index >= 15 is 0 Å². The van der Waals surface area contributed by atoms with E-state index in [0.717, 1.165) is 18.9 Å². The number of nitrogens with two attached hydrogens (primary N) is 1. The van der Waals surface area contributed by atoms with Gasteiger partial charge in [0, 0.05) is 12.6 Å². The van der Waals surface area contributed by atoms with Crippen LogP contribution in [0.25, 0.3) is 0 Å². The minimum atomic E-state index is -0.269. The van der Waals surface area contributed by atoms with E-state index in [1.54, 1.807) is 0 Å². The van der Waals surface area contributed by atoms with Crippen molar-refractivity contribution in [2.45, 2.75) is 51.1 Å². The molecule has 80 valence electrons. The number of rotatable bonds is 2. The predicted octanol–water partition coefficient (Wildman–Crippen LogP) is 1.12. The molecule has 2 fully saturated rings. The third kappa shape index (κ3) is 1.54. The fraction of sp³-hybridized carbons (Fsp3) is 0.909. The highest BCUT2D eigenvalue weighted by Crippen LogP contribution is 2.37. The minimum Gasteiger partial charge on any atom is -0.338 e. The van der Waals surface area contributed by atoms with Crippen LogP contribution in [0.5, 0.6) is 0 Å². The van der Waals surface area contributed by atoms with E-state index in [-0.39, 0.29) is 11.9 Å². The number of likely N-dealkylation sites (tertiary alicyclic amines) is 1. The molecule has 2 N–H and O–H groups in total. The third-order valence-corrected chi connectivity index (χ3v) is 3.80. The topological polar surface area (TPSA) is 46.3 Å². The van der Waals surface area contributed by atoms with Crippen LogP contribution in [-0.4, -0.2) is 29.4 Å². The quantitative estimate of drug-likeness (QED) is 0.719. The molecule has 3 heteroatoms. The second-order valence-electron chi connectivity index (χ2n) is 4.59. The summed E-state index contributed by atoms with van der Waals surface area (Å²) in [6, 6.07) is 0.259. The summed E-state index contributed by atoms with van der Waals surface area (Å²) in [5.74, 6) is 0.963. The summed E-state index contributed by atoms with van der Waals surface area (Å²) in [5, 5.41) is 0. The van der Waals surface area contributed by atoms with Crippen LogP contribution in [-0.2, 0) is 4.79 Å². The highest BCUT2D eigenvalue weighted by molar-refractivity contribution is 5.82. The van der Waals surface area contributed by atoms with Crippen molar-refractivity contribution >= 4 is 5.91 Å². The van der Waals surface area contributed by atoms with E-state index in [0.29, 0.717) is 6.04 Å². The van der Waals surface area contributed by atoms with Gasteiger partial charge in [0.15, 0.2) is 0 Å². The van der Waals surface area contributed by atoms with Gasteiger partial charge < -0.3 is 10.6 Å². The monoisotopic (exact) mass is 196 g/mol. The molecule has 0 radical (unpaired) electrons. The molecule has 0 spiro atoms. The number of hydrogen-bond acceptors (Lipinski definition) is 2. The highest BCUT2D eigenvalue weighted by Gasteiger charge is 2.40. The predicted molar refractivity (Wildman–Crippen MR) is 55.7 cm³/mol. The molecule has 1 saturated carbocycles. The maximum absolute atomic E-state index is 11.9. The Labute approximate surface area is 85.6 Å². The Morgan fingerprint density at radius 1 is 1.50 bits per heavy atom. The van der Waals surface area contributed by atoms with E-state index in [4.69, 9.17) is 5.73 Å². The van der Waals surface area contributed by atoms with Gasteiger partial charge in [-0.1, -0.05) is 13.3 Å². The first kappa shape index (κ1) is 9.97. The summed E-state index contributed by atoms with van der Waals surface area (Å²) in [6.45, 7) is 2.92. The molecule has 1 saturated heterocycles. The van der Waals surface area contributed by atoms with Crippen molar-refractivity contribution < 1.29 is 4.79 Å². The molecular weight excluding hydrogens is 176 g/mol. The second-order valence-corrected chi connectivity index (χ2v) is 4.59. The molecule has 1 heterocycles. The minimum absolute atomic E-state index is 0.182. The second kappa shape index (κ2) is 3.89. The average Bonchev–Trinajstić information content (AvgIpc) is 2.76. The summed E-state index contributed by atoms with van der Waals surface area (Å²) >= 11 is 0. The average molecular weight is 196 g/mol. The van der Waals surface area contributed by atoms with E-state index in [1.165, 1.54) is 25.7 Å². The molecule has 0 aromatic carbocycles. The number of carbonyl (C=O) groups excluding carboxylic acids is 1. The largest absolute Gasteiger partial charge is 0.338 e. The van der Waals surface area contributed by atoms with Crippen molar-refractivity contribution in [3.05, 3.63) is 0 Å². The van der Waals surface area contributed by atoms with Crippen LogP contribution in [0.4, 0.5) is 0 Å². The molecule has 3 atom stereocenters. The Bertz CT molecular complexity index is 229. The number of nitrogens with zero attached hydrogens (tertiary/aromatic N) is 1. The van der Waals surface area contributed by atoms with Gasteiger partial charge in [-0.15, -0.1) is 0 Å². The Hall–Kier alpha value is -0.570. The van der Waals surface area contributed by atoms with Crippen molar-refractivity contribution in [2.24, 2.45) is 11.7 Å². The summed E-state index contributed by atoms with van der Waals surface area (Å²) in [5.41, 5.74) is 5.79. The first-order chi connectivity index (χ1) is 6.74. The molecule has 2 unspecified atom stereocenters. The zero-order valence-electron chi connectivity index (χ0n) is 8.91. The molecule has 2 aliphatic rings. The van der Waals surface area contributed by atoms with Crippen molar-refractivity contribution in [3.63, 3.8) is 0 Å². The van der Waals surface area contributed by atoms with Gasteiger partial charge in [-0.2, -0.15) is 0 Å². The zero-order chi connectivity index (χ0) is 10.1. The number of carbonyl (C=O) groups is 1. The molecule has 3 nitrogen and oxygen atoms in total. The number of hydrogen-bond donors (Lipinski definition) is 1. The Morgan fingerprint density at radius 3 is 3.00 bits per heavy atom. The van der Waals surface area contributed by atoms with Crippen molar-refractivity contribution in [2.75, 3.05) is 6.54 Å². The SMILES string of the molecule is CC[C@H](N)C(=O)N1CCC2CCCC21. The maximum Gasteiger partial charge on any atom is 0.239 e. The molecule has 1 aliphatic heterocycles. The molecule has 2 rings (SSSR count). The van der Waals surface area contributed by atoms with Crippen LogP contribution < -0.4 is 5.73 Å². The van der Waals surface area contributed by atoms with Crippen LogP contribution in [0.1, 0.15) is 39.0 Å². The Morgan fingerprint density at radius 2 is 2.29 bits per heavy atom. The lowest BCUT2D eigenvalue weighted by Gasteiger charge is -2.26. The van der Waals surface area contributed by atoms with Crippen molar-refractivity contribution in [1.29, 1.82) is 0 Å². The third-order valence-electron chi connectivity index (χ3n) is 3.80. The lowest BCUT2D eigenvalue weighted by atomic mass is 10.0. The molecule has 14 heavy (non-hydrogen) atoms. The first-order valence-electron chi connectivity index (χ1n) is 5.80. The van der Waals surface area contributed by atoms with Crippen molar-refractivity contribution in [3.8, 4) is 0 Å². The number of fused-ring (bicyclic) bond motifs is 1. The molecule has 0 aromatic rings. The normalized spacial score (nSPS) is 33.1. The summed E-state index contributed by atoms with van der Waals surface area (Å²) in [6.07, 6.45) is 5.77. The van der Waals surface area contributed by atoms with Gasteiger partial charge in [0.05, 0.1) is 6.04 Å². The molecule has 0 bridgehead atoms. The lowest BCUT2D eigenvalue weighted by molar-refractivity contribution is -0.133. The van der Waals surface area contributed by atoms with E-state index in [9.17, 15) is 4.79 Å². The van der Waals surface area contributed by atoms with Gasteiger partial charge in [0.25, 0.3) is 0 Å². The van der Waals surface area contributed by atoms with Gasteiger partial charge in [0.1, 0.15) is 0 Å². The fourth-order valence-corrected chi connectivity index (χ4v) is 2.90. The smallest absolute Gasteiger partial charge is 0.239 e. The van der Waals surface area contributed by atoms with E-state index in [1.807, 2.05) is 11.8 Å². The van der Waals surface area contributed by atoms with E-state index in [2.05, 4.69) is 0 Å². The van der Waals surface area contributed by atoms with Gasteiger partial charge in [-0.3, -0.25) is 4.79 Å². The van der Waals surface area contributed by atoms with Crippen molar-refractivity contribution in [1.82, 2.24) is 4.90 Å². The van der Waals surface area contributed by atoms with Crippen LogP contribution in [0.3, 0.4) is 0 Å². The van der Waals surface area contributed by atoms with Gasteiger partial charge >= 0.3 is 0 Å². The summed E-state index contributed by atoms with van der Waals surface area (Å²) < 4.78 is 0. The fourth-order valence-electron chi connectivity index (χ4n) is 2.90. The van der Waals surface area contributed by atoms with Crippen LogP contribution in [0.15, 0.2) is 0 Å². The Kier molecular flexibility index (Phi) is 2.77. The zero-order valence-corrected chi connectivity index (χ0v) is 8.91. The molecule has 1 aliphatic carbocycles. The van der Waals surface area contributed by atoms with Gasteiger partial charge in [0.2, 0.25) is 5.91 Å². The highest BCUT2D eigenvalue weighted by atomic mass is 16.2. The van der Waals surface area contributed by atoms with E-state index < -0.39 is 0 Å². The van der Waals surface area contributed by atoms with Crippen LogP contribution >= 0.6 is 0 Å². The van der Waals surface area contributed by atoms with Crippen LogP contribution in [0, 0.1) is 5.92 Å². The number of amides is 1. The maximum atomic E-state index is 11.9. The van der Waals surface area contributed by atoms with Gasteiger partial charge in [-0.25, -0.2) is 0 Å². The standard InChI is InChI=1S/C11H20N2O/c1-2-9(12)11(14)13-7-6-8-4-3-5-10(8)13/h8-10H,2-7,12H2,1H3/t8?,9-,10?/m0/s1. The molecule has 1 amide bonds. The molecular formula is C11H20N2O. The van der Waals surface area contributed by atoms with Gasteiger partial charge in [-0.05, 0) is 31.6 Å². The van der Waals surface area contributed by atoms with Crippen LogP contribution in [0.2, 0.25) is 0 Å².